The van der Waals surface area contributed by atoms with Crippen LogP contribution in [-0.2, 0) is 4.74 Å². The summed E-state index contributed by atoms with van der Waals surface area (Å²) in [5.41, 5.74) is 2.00. The van der Waals surface area contributed by atoms with Gasteiger partial charge in [-0.1, -0.05) is 41.4 Å². The van der Waals surface area contributed by atoms with E-state index in [1.165, 1.54) is 0 Å². The normalized spacial score (nSPS) is 17.0. The highest BCUT2D eigenvalue weighted by Crippen LogP contribution is 2.29. The van der Waals surface area contributed by atoms with Crippen LogP contribution in [0.2, 0.25) is 10.0 Å². The molecule has 1 aliphatic rings. The lowest BCUT2D eigenvalue weighted by Gasteiger charge is -2.35. The van der Waals surface area contributed by atoms with Crippen LogP contribution in [0.4, 0.5) is 5.69 Å². The third-order valence-corrected chi connectivity index (χ3v) is 4.65. The lowest BCUT2D eigenvalue weighted by Crippen LogP contribution is -2.41. The number of morpholine rings is 1. The predicted molar refractivity (Wildman–Crippen MR) is 94.3 cm³/mol. The second-order valence-electron chi connectivity index (χ2n) is 5.42. The number of nitrogens with zero attached hydrogens (tertiary/aromatic N) is 2. The minimum absolute atomic E-state index is 0.164. The Balaban J connectivity index is 1.80. The first kappa shape index (κ1) is 16.5. The van der Waals surface area contributed by atoms with Crippen LogP contribution in [0, 0.1) is 0 Å². The van der Waals surface area contributed by atoms with Crippen molar-refractivity contribution < 1.29 is 4.74 Å². The van der Waals surface area contributed by atoms with Gasteiger partial charge in [0, 0.05) is 37.1 Å². The lowest BCUT2D eigenvalue weighted by atomic mass is 10.0. The summed E-state index contributed by atoms with van der Waals surface area (Å²) >= 11 is 12.6. The van der Waals surface area contributed by atoms with Crippen molar-refractivity contribution in [3.8, 4) is 0 Å². The van der Waals surface area contributed by atoms with E-state index in [1.54, 1.807) is 12.4 Å². The molecule has 4 nitrogen and oxygen atoms in total. The first-order chi connectivity index (χ1) is 11.3. The Morgan fingerprint density at radius 3 is 2.65 bits per heavy atom. The number of nitrogens with one attached hydrogen (secondary N) is 1. The Kier molecular flexibility index (Phi) is 5.73. The Bertz CT molecular complexity index is 647. The molecule has 0 bridgehead atoms. The number of halogens is 2. The van der Waals surface area contributed by atoms with Crippen molar-refractivity contribution in [1.82, 2.24) is 9.88 Å². The van der Waals surface area contributed by atoms with Crippen LogP contribution in [0.3, 0.4) is 0 Å². The van der Waals surface area contributed by atoms with Gasteiger partial charge < -0.3 is 10.1 Å². The van der Waals surface area contributed by atoms with Gasteiger partial charge in [0.1, 0.15) is 0 Å². The van der Waals surface area contributed by atoms with E-state index in [0.29, 0.717) is 11.6 Å². The maximum atomic E-state index is 6.43. The van der Waals surface area contributed by atoms with E-state index in [9.17, 15) is 0 Å². The van der Waals surface area contributed by atoms with Gasteiger partial charge in [-0.2, -0.15) is 0 Å². The van der Waals surface area contributed by atoms with Crippen LogP contribution in [0.25, 0.3) is 0 Å². The summed E-state index contributed by atoms with van der Waals surface area (Å²) in [6.07, 6.45) is 3.37. The van der Waals surface area contributed by atoms with Gasteiger partial charge >= 0.3 is 0 Å². The van der Waals surface area contributed by atoms with E-state index in [0.717, 1.165) is 42.6 Å². The molecule has 2 aromatic rings. The molecule has 0 amide bonds. The number of hydrogen-bond acceptors (Lipinski definition) is 4. The molecule has 1 aromatic carbocycles. The molecule has 23 heavy (non-hydrogen) atoms. The van der Waals surface area contributed by atoms with Gasteiger partial charge in [-0.3, -0.25) is 9.88 Å². The molecule has 122 valence electrons. The zero-order valence-electron chi connectivity index (χ0n) is 12.7. The summed E-state index contributed by atoms with van der Waals surface area (Å²) < 4.78 is 5.47. The average Bonchev–Trinajstić information content (AvgIpc) is 2.59. The van der Waals surface area contributed by atoms with Crippen molar-refractivity contribution >= 4 is 28.9 Å². The molecule has 1 N–H and O–H groups in total. The maximum Gasteiger partial charge on any atom is 0.0820 e. The molecule has 3 rings (SSSR count). The molecule has 1 unspecified atom stereocenters. The Morgan fingerprint density at radius 2 is 1.91 bits per heavy atom. The van der Waals surface area contributed by atoms with Crippen LogP contribution in [-0.4, -0.2) is 42.7 Å². The largest absolute Gasteiger partial charge is 0.382 e. The van der Waals surface area contributed by atoms with Crippen molar-refractivity contribution in [1.29, 1.82) is 0 Å². The molecule has 1 saturated heterocycles. The molecule has 1 aromatic heterocycles. The van der Waals surface area contributed by atoms with Crippen LogP contribution >= 0.6 is 23.2 Å². The monoisotopic (exact) mass is 351 g/mol. The predicted octanol–water partition coefficient (Wildman–Crippen LogP) is 3.87. The lowest BCUT2D eigenvalue weighted by molar-refractivity contribution is 0.0187. The quantitative estimate of drug-likeness (QED) is 0.886. The topological polar surface area (TPSA) is 37.4 Å². The van der Waals surface area contributed by atoms with Gasteiger partial charge in [0.25, 0.3) is 0 Å². The van der Waals surface area contributed by atoms with Gasteiger partial charge in [0.05, 0.1) is 30.0 Å². The molecule has 0 saturated carbocycles. The highest BCUT2D eigenvalue weighted by atomic mass is 35.5. The molecule has 6 heteroatoms. The van der Waals surface area contributed by atoms with Crippen molar-refractivity contribution in [2.45, 2.75) is 6.04 Å². The van der Waals surface area contributed by atoms with Crippen LogP contribution in [0.15, 0.2) is 42.7 Å². The van der Waals surface area contributed by atoms with Crippen molar-refractivity contribution in [3.05, 3.63) is 58.3 Å². The summed E-state index contributed by atoms with van der Waals surface area (Å²) in [5, 5.41) is 4.82. The van der Waals surface area contributed by atoms with Crippen LogP contribution < -0.4 is 5.32 Å². The van der Waals surface area contributed by atoms with E-state index in [2.05, 4.69) is 21.3 Å². The number of ether oxygens (including phenoxy) is 1. The number of rotatable bonds is 5. The fourth-order valence-electron chi connectivity index (χ4n) is 2.80. The fraction of sp³-hybridized carbons (Fsp3) is 0.353. The minimum Gasteiger partial charge on any atom is -0.382 e. The Hall–Kier alpha value is -1.33. The molecular weight excluding hydrogens is 333 g/mol. The first-order valence-electron chi connectivity index (χ1n) is 7.65. The van der Waals surface area contributed by atoms with Crippen molar-refractivity contribution in [2.24, 2.45) is 0 Å². The average molecular weight is 352 g/mol. The molecule has 1 fully saturated rings. The summed E-state index contributed by atoms with van der Waals surface area (Å²) in [6.45, 7) is 3.99. The minimum atomic E-state index is 0.164. The SMILES string of the molecule is Clc1cnccc1NCC(c1ccccc1Cl)N1CCOCC1. The smallest absolute Gasteiger partial charge is 0.0820 e. The molecule has 0 radical (unpaired) electrons. The zero-order chi connectivity index (χ0) is 16.1. The second-order valence-corrected chi connectivity index (χ2v) is 6.24. The van der Waals surface area contributed by atoms with Gasteiger partial charge in [-0.15, -0.1) is 0 Å². The number of benzene rings is 1. The van der Waals surface area contributed by atoms with Crippen molar-refractivity contribution in [3.63, 3.8) is 0 Å². The molecule has 2 heterocycles. The van der Waals surface area contributed by atoms with Gasteiger partial charge in [-0.05, 0) is 17.7 Å². The number of hydrogen-bond donors (Lipinski definition) is 1. The molecule has 0 spiro atoms. The zero-order valence-corrected chi connectivity index (χ0v) is 14.2. The molecule has 1 aliphatic heterocycles. The van der Waals surface area contributed by atoms with E-state index in [1.807, 2.05) is 24.3 Å². The van der Waals surface area contributed by atoms with Crippen LogP contribution in [0.5, 0.6) is 0 Å². The summed E-state index contributed by atoms with van der Waals surface area (Å²) in [4.78, 5) is 6.41. The molecule has 1 atom stereocenters. The summed E-state index contributed by atoms with van der Waals surface area (Å²) in [6, 6.07) is 10.0. The third-order valence-electron chi connectivity index (χ3n) is 4.01. The third kappa shape index (κ3) is 4.15. The number of aromatic nitrogens is 1. The molecular formula is C17H19Cl2N3O. The maximum absolute atomic E-state index is 6.43. The second kappa shape index (κ2) is 7.97. The van der Waals surface area contributed by atoms with E-state index in [4.69, 9.17) is 27.9 Å². The van der Waals surface area contributed by atoms with Gasteiger partial charge in [-0.25, -0.2) is 0 Å². The summed E-state index contributed by atoms with van der Waals surface area (Å²) in [7, 11) is 0. The molecule has 0 aliphatic carbocycles. The number of pyridine rings is 1. The Labute approximate surface area is 146 Å². The summed E-state index contributed by atoms with van der Waals surface area (Å²) in [5.74, 6) is 0. The standard InChI is InChI=1S/C17H19Cl2N3O/c18-14-4-2-1-3-13(14)17(22-7-9-23-10-8-22)12-21-16-5-6-20-11-15(16)19/h1-6,11,17H,7-10,12H2,(H,20,21). The number of anilines is 1. The Morgan fingerprint density at radius 1 is 1.13 bits per heavy atom. The fourth-order valence-corrected chi connectivity index (χ4v) is 3.24. The highest BCUT2D eigenvalue weighted by molar-refractivity contribution is 6.33. The van der Waals surface area contributed by atoms with Gasteiger partial charge in [0.2, 0.25) is 0 Å². The van der Waals surface area contributed by atoms with Crippen LogP contribution in [0.1, 0.15) is 11.6 Å². The first-order valence-corrected chi connectivity index (χ1v) is 8.41. The highest BCUT2D eigenvalue weighted by Gasteiger charge is 2.24. The van der Waals surface area contributed by atoms with E-state index >= 15 is 0 Å². The van der Waals surface area contributed by atoms with E-state index in [-0.39, 0.29) is 6.04 Å². The van der Waals surface area contributed by atoms with E-state index < -0.39 is 0 Å². The van der Waals surface area contributed by atoms with Gasteiger partial charge in [0.15, 0.2) is 0 Å². The van der Waals surface area contributed by atoms with Crippen molar-refractivity contribution in [2.75, 3.05) is 38.2 Å².